The first-order chi connectivity index (χ1) is 25.4. The maximum atomic E-state index is 14.9. The Morgan fingerprint density at radius 1 is 0.827 bits per heavy atom. The van der Waals surface area contributed by atoms with Crippen molar-refractivity contribution in [2.45, 2.75) is 31.0 Å². The predicted molar refractivity (Wildman–Crippen MR) is 204 cm³/mol. The molecular formula is C42H41BrN2O7. The highest BCUT2D eigenvalue weighted by Crippen LogP contribution is 2.44. The number of aliphatic imine (C=N–C) groups is 1. The van der Waals surface area contributed by atoms with Crippen LogP contribution in [-0.2, 0) is 22.5 Å². The van der Waals surface area contributed by atoms with Crippen molar-refractivity contribution in [2.75, 3.05) is 34.5 Å². The van der Waals surface area contributed by atoms with Gasteiger partial charge in [-0.2, -0.15) is 0 Å². The molecule has 0 saturated carbocycles. The van der Waals surface area contributed by atoms with Gasteiger partial charge in [0.15, 0.2) is 23.1 Å². The van der Waals surface area contributed by atoms with Crippen molar-refractivity contribution in [1.29, 1.82) is 0 Å². The Kier molecular flexibility index (Phi) is 11.8. The standard InChI is InChI=1S/C42H41BrN2O7/c1-48-36-24-28(25-37(49-2)38(36)50-3)27-44-41(47)42(26-33-12-7-8-13-35(33)43)39(31-16-14-30(15-17-31)29-10-5-4-6-11-29)52-40(45-42)32-18-20-34(21-19-32)51-23-9-22-46/h4-8,10-21,24-25,39,46H,9,22-23,26-27H2,1-3H3,(H,44,47)/t39-,42-/m1/s1. The van der Waals surface area contributed by atoms with Gasteiger partial charge in [0.2, 0.25) is 11.6 Å². The Labute approximate surface area is 312 Å². The molecule has 9 nitrogen and oxygen atoms in total. The van der Waals surface area contributed by atoms with Crippen LogP contribution >= 0.6 is 15.9 Å². The number of ether oxygens (including phenoxy) is 5. The monoisotopic (exact) mass is 764 g/mol. The smallest absolute Gasteiger partial charge is 0.252 e. The number of benzene rings is 5. The van der Waals surface area contributed by atoms with Crippen molar-refractivity contribution in [2.24, 2.45) is 4.99 Å². The lowest BCUT2D eigenvalue weighted by atomic mass is 9.81. The molecule has 6 rings (SSSR count). The molecule has 0 fully saturated rings. The number of aliphatic hydroxyl groups is 1. The summed E-state index contributed by atoms with van der Waals surface area (Å²) in [5, 5.41) is 12.3. The van der Waals surface area contributed by atoms with Gasteiger partial charge in [0.25, 0.3) is 5.91 Å². The SMILES string of the molecule is COc1cc(CNC(=O)[C@]2(Cc3ccccc3Br)N=C(c3ccc(OCCCO)cc3)O[C@@H]2c2ccc(-c3ccccc3)cc2)cc(OC)c1OC. The maximum absolute atomic E-state index is 14.9. The molecule has 5 aromatic carbocycles. The Hall–Kier alpha value is -5.32. The molecule has 0 bridgehead atoms. The van der Waals surface area contributed by atoms with Crippen molar-refractivity contribution in [3.05, 3.63) is 142 Å². The van der Waals surface area contributed by atoms with Gasteiger partial charge in [0.1, 0.15) is 5.75 Å². The predicted octanol–water partition coefficient (Wildman–Crippen LogP) is 7.72. The highest BCUT2D eigenvalue weighted by atomic mass is 79.9. The number of methoxy groups -OCH3 is 3. The summed E-state index contributed by atoms with van der Waals surface area (Å²) in [5.74, 6) is 2.12. The maximum Gasteiger partial charge on any atom is 0.252 e. The normalized spacial score (nSPS) is 16.4. The second kappa shape index (κ2) is 16.8. The van der Waals surface area contributed by atoms with Gasteiger partial charge in [-0.25, -0.2) is 4.99 Å². The van der Waals surface area contributed by atoms with Crippen LogP contribution in [0.5, 0.6) is 23.0 Å². The molecule has 0 radical (unpaired) electrons. The highest BCUT2D eigenvalue weighted by Gasteiger charge is 2.53. The van der Waals surface area contributed by atoms with E-state index in [1.807, 2.05) is 103 Å². The lowest BCUT2D eigenvalue weighted by molar-refractivity contribution is -0.129. The molecule has 0 aliphatic carbocycles. The second-order valence-corrected chi connectivity index (χ2v) is 13.1. The van der Waals surface area contributed by atoms with Crippen LogP contribution in [0.1, 0.15) is 34.8 Å². The molecule has 52 heavy (non-hydrogen) atoms. The van der Waals surface area contributed by atoms with Crippen molar-refractivity contribution in [1.82, 2.24) is 5.32 Å². The van der Waals surface area contributed by atoms with Crippen molar-refractivity contribution in [3.8, 4) is 34.1 Å². The lowest BCUT2D eigenvalue weighted by Crippen LogP contribution is -2.49. The summed E-state index contributed by atoms with van der Waals surface area (Å²) in [6.07, 6.45) is -0.00257. The van der Waals surface area contributed by atoms with Gasteiger partial charge in [-0.3, -0.25) is 4.79 Å². The molecule has 0 spiro atoms. The number of rotatable bonds is 15. The van der Waals surface area contributed by atoms with Crippen LogP contribution in [0.2, 0.25) is 0 Å². The molecular weight excluding hydrogens is 724 g/mol. The number of hydrogen-bond acceptors (Lipinski definition) is 8. The average molecular weight is 766 g/mol. The van der Waals surface area contributed by atoms with E-state index in [0.717, 1.165) is 32.3 Å². The third kappa shape index (κ3) is 7.93. The third-order valence-corrected chi connectivity index (χ3v) is 9.72. The van der Waals surface area contributed by atoms with Crippen molar-refractivity contribution in [3.63, 3.8) is 0 Å². The van der Waals surface area contributed by atoms with Gasteiger partial charge in [0.05, 0.1) is 27.9 Å². The summed E-state index contributed by atoms with van der Waals surface area (Å²) in [5.41, 5.74) is 3.87. The Bertz CT molecular complexity index is 1980. The van der Waals surface area contributed by atoms with E-state index in [4.69, 9.17) is 33.8 Å². The molecule has 2 atom stereocenters. The number of nitrogens with one attached hydrogen (secondary N) is 1. The van der Waals surface area contributed by atoms with Crippen LogP contribution in [0.3, 0.4) is 0 Å². The quantitative estimate of drug-likeness (QED) is 0.105. The Morgan fingerprint density at radius 2 is 1.46 bits per heavy atom. The van der Waals surface area contributed by atoms with Crippen molar-refractivity contribution >= 4 is 27.7 Å². The summed E-state index contributed by atoms with van der Waals surface area (Å²) >= 11 is 3.71. The van der Waals surface area contributed by atoms with Gasteiger partial charge in [-0.15, -0.1) is 0 Å². The minimum absolute atomic E-state index is 0.0532. The molecule has 0 aromatic heterocycles. The van der Waals surface area contributed by atoms with Gasteiger partial charge in [-0.1, -0.05) is 88.7 Å². The summed E-state index contributed by atoms with van der Waals surface area (Å²) in [4.78, 5) is 20.1. The van der Waals surface area contributed by atoms with E-state index < -0.39 is 11.6 Å². The summed E-state index contributed by atoms with van der Waals surface area (Å²) in [6.45, 7) is 0.616. The van der Waals surface area contributed by atoms with Crippen LogP contribution in [0.4, 0.5) is 0 Å². The molecule has 5 aromatic rings. The number of halogens is 1. The molecule has 1 aliphatic rings. The summed E-state index contributed by atoms with van der Waals surface area (Å²) in [6, 6.07) is 37.1. The molecule has 1 amide bonds. The molecule has 268 valence electrons. The first-order valence-corrected chi connectivity index (χ1v) is 17.7. The molecule has 10 heteroatoms. The first-order valence-electron chi connectivity index (χ1n) is 17.0. The van der Waals surface area contributed by atoms with E-state index in [9.17, 15) is 4.79 Å². The topological polar surface area (TPSA) is 108 Å². The summed E-state index contributed by atoms with van der Waals surface area (Å²) < 4.78 is 30.0. The van der Waals surface area contributed by atoms with Gasteiger partial charge in [-0.05, 0) is 70.3 Å². The Balaban J connectivity index is 1.42. The van der Waals surface area contributed by atoms with Crippen LogP contribution in [-0.4, -0.2) is 57.0 Å². The van der Waals surface area contributed by atoms with Crippen LogP contribution in [0.15, 0.2) is 125 Å². The highest BCUT2D eigenvalue weighted by molar-refractivity contribution is 9.10. The number of hydrogen-bond donors (Lipinski definition) is 2. The fraction of sp³-hybridized carbons (Fsp3) is 0.238. The largest absolute Gasteiger partial charge is 0.494 e. The zero-order valence-corrected chi connectivity index (χ0v) is 30.9. The average Bonchev–Trinajstić information content (AvgIpc) is 3.58. The van der Waals surface area contributed by atoms with Crippen LogP contribution in [0, 0.1) is 0 Å². The molecule has 1 heterocycles. The van der Waals surface area contributed by atoms with E-state index in [1.54, 1.807) is 21.3 Å². The fourth-order valence-electron chi connectivity index (χ4n) is 6.27. The molecule has 2 N–H and O–H groups in total. The summed E-state index contributed by atoms with van der Waals surface area (Å²) in [7, 11) is 4.66. The molecule has 0 saturated heterocycles. The van der Waals surface area contributed by atoms with Crippen LogP contribution in [0.25, 0.3) is 11.1 Å². The van der Waals surface area contributed by atoms with Crippen LogP contribution < -0.4 is 24.3 Å². The second-order valence-electron chi connectivity index (χ2n) is 12.3. The van der Waals surface area contributed by atoms with Gasteiger partial charge < -0.3 is 34.1 Å². The molecule has 1 aliphatic heterocycles. The number of amides is 1. The number of nitrogens with zero attached hydrogens (tertiary/aromatic N) is 1. The van der Waals surface area contributed by atoms with E-state index in [1.165, 1.54) is 0 Å². The van der Waals surface area contributed by atoms with E-state index >= 15 is 0 Å². The number of aliphatic hydroxyl groups excluding tert-OH is 1. The third-order valence-electron chi connectivity index (χ3n) is 8.95. The first kappa shape index (κ1) is 36.5. The number of carbonyl (C=O) groups excluding carboxylic acids is 1. The minimum Gasteiger partial charge on any atom is -0.494 e. The minimum atomic E-state index is -1.41. The van der Waals surface area contributed by atoms with E-state index in [0.29, 0.717) is 47.5 Å². The zero-order chi connectivity index (χ0) is 36.5. The fourth-order valence-corrected chi connectivity index (χ4v) is 6.69. The molecule has 0 unspecified atom stereocenters. The zero-order valence-electron chi connectivity index (χ0n) is 29.3. The van der Waals surface area contributed by atoms with Gasteiger partial charge in [0, 0.05) is 36.0 Å². The van der Waals surface area contributed by atoms with Gasteiger partial charge >= 0.3 is 0 Å². The van der Waals surface area contributed by atoms with Crippen molar-refractivity contribution < 1.29 is 33.6 Å². The Morgan fingerprint density at radius 3 is 2.10 bits per heavy atom. The lowest BCUT2D eigenvalue weighted by Gasteiger charge is -2.31. The van der Waals surface area contributed by atoms with E-state index in [-0.39, 0.29) is 25.5 Å². The van der Waals surface area contributed by atoms with E-state index in [2.05, 4.69) is 33.4 Å². The number of carbonyl (C=O) groups is 1.